The molecule has 1 aromatic rings. The molecule has 2 aliphatic heterocycles. The molecule has 5 nitrogen and oxygen atoms in total. The van der Waals surface area contributed by atoms with Gasteiger partial charge >= 0.3 is 0 Å². The zero-order valence-corrected chi connectivity index (χ0v) is 20.7. The number of hydrogen-bond donors (Lipinski definition) is 2. The number of guanidine groups is 1. The number of piperidine rings is 2. The van der Waals surface area contributed by atoms with Gasteiger partial charge in [0.15, 0.2) is 5.96 Å². The Bertz CT molecular complexity index is 549. The summed E-state index contributed by atoms with van der Waals surface area (Å²) < 4.78 is 0. The van der Waals surface area contributed by atoms with Crippen LogP contribution in [0.5, 0.6) is 0 Å². The van der Waals surface area contributed by atoms with Gasteiger partial charge < -0.3 is 20.4 Å². The van der Waals surface area contributed by atoms with Gasteiger partial charge in [0.25, 0.3) is 0 Å². The minimum atomic E-state index is 0. The van der Waals surface area contributed by atoms with Gasteiger partial charge in [-0.25, -0.2) is 0 Å². The number of likely N-dealkylation sites (tertiary alicyclic amines) is 1. The van der Waals surface area contributed by atoms with E-state index in [4.69, 9.17) is 4.99 Å². The molecule has 3 rings (SSSR count). The van der Waals surface area contributed by atoms with Gasteiger partial charge in [0.05, 0.1) is 5.00 Å². The first kappa shape index (κ1) is 23.7. The average Bonchev–Trinajstić information content (AvgIpc) is 3.22. The van der Waals surface area contributed by atoms with Gasteiger partial charge in [-0.05, 0) is 82.1 Å². The summed E-state index contributed by atoms with van der Waals surface area (Å²) in [5.74, 6) is 1.91. The molecule has 0 atom stereocenters. The van der Waals surface area contributed by atoms with Crippen molar-refractivity contribution in [1.82, 2.24) is 15.5 Å². The summed E-state index contributed by atoms with van der Waals surface area (Å²) in [6.07, 6.45) is 6.22. The molecular formula is C21H38IN5S. The first-order chi connectivity index (χ1) is 13.2. The van der Waals surface area contributed by atoms with E-state index in [0.29, 0.717) is 6.04 Å². The number of thiophene rings is 1. The Morgan fingerprint density at radius 3 is 2.57 bits per heavy atom. The quantitative estimate of drug-likeness (QED) is 0.247. The van der Waals surface area contributed by atoms with Crippen molar-refractivity contribution in [3.63, 3.8) is 0 Å². The molecule has 0 radical (unpaired) electrons. The lowest BCUT2D eigenvalue weighted by atomic mass is 9.99. The summed E-state index contributed by atoms with van der Waals surface area (Å²) in [4.78, 5) is 9.95. The second-order valence-corrected chi connectivity index (χ2v) is 8.92. The molecular weight excluding hydrogens is 481 g/mol. The topological polar surface area (TPSA) is 42.9 Å². The van der Waals surface area contributed by atoms with Crippen LogP contribution >= 0.6 is 35.3 Å². The number of aliphatic imine (C=N–C) groups is 1. The Labute approximate surface area is 192 Å². The van der Waals surface area contributed by atoms with Crippen molar-refractivity contribution >= 4 is 46.3 Å². The first-order valence-corrected chi connectivity index (χ1v) is 11.7. The molecule has 28 heavy (non-hydrogen) atoms. The van der Waals surface area contributed by atoms with Crippen LogP contribution in [0.2, 0.25) is 0 Å². The van der Waals surface area contributed by atoms with E-state index in [2.05, 4.69) is 51.8 Å². The van der Waals surface area contributed by atoms with Crippen molar-refractivity contribution in [3.8, 4) is 0 Å². The molecule has 1 aromatic heterocycles. The molecule has 0 saturated carbocycles. The molecule has 160 valence electrons. The van der Waals surface area contributed by atoms with Crippen LogP contribution in [-0.4, -0.2) is 62.7 Å². The van der Waals surface area contributed by atoms with Gasteiger partial charge in [-0.1, -0.05) is 6.92 Å². The Hall–Kier alpha value is -0.540. The number of rotatable bonds is 7. The number of nitrogens with zero attached hydrogens (tertiary/aromatic N) is 3. The highest BCUT2D eigenvalue weighted by Gasteiger charge is 2.20. The highest BCUT2D eigenvalue weighted by Crippen LogP contribution is 2.24. The lowest BCUT2D eigenvalue weighted by molar-refractivity contribution is 0.191. The largest absolute Gasteiger partial charge is 0.363 e. The lowest BCUT2D eigenvalue weighted by Gasteiger charge is -2.33. The number of hydrogen-bond acceptors (Lipinski definition) is 4. The molecule has 3 heterocycles. The number of halogens is 1. The van der Waals surface area contributed by atoms with Crippen LogP contribution in [0.1, 0.15) is 46.0 Å². The number of nitrogens with one attached hydrogen (secondary N) is 2. The van der Waals surface area contributed by atoms with E-state index < -0.39 is 0 Å². The predicted molar refractivity (Wildman–Crippen MR) is 134 cm³/mol. The molecule has 7 heteroatoms. The van der Waals surface area contributed by atoms with Gasteiger partial charge in [-0.2, -0.15) is 0 Å². The third kappa shape index (κ3) is 7.71. The molecule has 2 saturated heterocycles. The summed E-state index contributed by atoms with van der Waals surface area (Å²) >= 11 is 1.84. The molecule has 2 fully saturated rings. The minimum absolute atomic E-state index is 0. The maximum atomic E-state index is 4.83. The van der Waals surface area contributed by atoms with Crippen LogP contribution in [0.15, 0.2) is 22.5 Å². The van der Waals surface area contributed by atoms with E-state index >= 15 is 0 Å². The van der Waals surface area contributed by atoms with Crippen molar-refractivity contribution in [2.24, 2.45) is 10.9 Å². The summed E-state index contributed by atoms with van der Waals surface area (Å²) in [6.45, 7) is 12.3. The first-order valence-electron chi connectivity index (χ1n) is 10.8. The van der Waals surface area contributed by atoms with Crippen LogP contribution in [0.4, 0.5) is 5.00 Å². The molecule has 0 unspecified atom stereocenters. The maximum absolute atomic E-state index is 4.83. The van der Waals surface area contributed by atoms with Crippen molar-refractivity contribution in [3.05, 3.63) is 17.5 Å². The maximum Gasteiger partial charge on any atom is 0.191 e. The van der Waals surface area contributed by atoms with Crippen LogP contribution in [0.25, 0.3) is 0 Å². The van der Waals surface area contributed by atoms with E-state index in [-0.39, 0.29) is 24.0 Å². The SMILES string of the molecule is CCNC(=NCCCN1CCC(C)CC1)NC1CCN(c2cccs2)CC1.I. The summed E-state index contributed by atoms with van der Waals surface area (Å²) in [7, 11) is 0. The monoisotopic (exact) mass is 519 g/mol. The Morgan fingerprint density at radius 1 is 1.18 bits per heavy atom. The third-order valence-corrected chi connectivity index (χ3v) is 6.71. The van der Waals surface area contributed by atoms with Gasteiger partial charge in [0.1, 0.15) is 0 Å². The smallest absolute Gasteiger partial charge is 0.191 e. The zero-order chi connectivity index (χ0) is 18.9. The minimum Gasteiger partial charge on any atom is -0.363 e. The Kier molecular flexibility index (Phi) is 10.9. The third-order valence-electron chi connectivity index (χ3n) is 5.78. The normalized spacial score (nSPS) is 20.1. The van der Waals surface area contributed by atoms with E-state index in [1.165, 1.54) is 50.3 Å². The lowest BCUT2D eigenvalue weighted by Crippen LogP contribution is -2.48. The summed E-state index contributed by atoms with van der Waals surface area (Å²) in [6, 6.07) is 4.90. The molecule has 0 amide bonds. The van der Waals surface area contributed by atoms with Gasteiger partial charge in [-0.15, -0.1) is 35.3 Å². The molecule has 0 aliphatic carbocycles. The standard InChI is InChI=1S/C21H37N5S.HI/c1-3-22-21(23-11-5-12-25-13-7-18(2)8-14-25)24-19-9-15-26(16-10-19)20-6-4-17-27-20;/h4,6,17-19H,3,5,7-16H2,1-2H3,(H2,22,23,24);1H. The molecule has 2 N–H and O–H groups in total. The predicted octanol–water partition coefficient (Wildman–Crippen LogP) is 4.01. The fourth-order valence-corrected chi connectivity index (χ4v) is 4.76. The van der Waals surface area contributed by atoms with Crippen LogP contribution < -0.4 is 15.5 Å². The highest BCUT2D eigenvalue weighted by molar-refractivity contribution is 14.0. The molecule has 0 bridgehead atoms. The molecule has 2 aliphatic rings. The number of anilines is 1. The second-order valence-electron chi connectivity index (χ2n) is 8.00. The van der Waals surface area contributed by atoms with Crippen LogP contribution in [0.3, 0.4) is 0 Å². The fourth-order valence-electron chi connectivity index (χ4n) is 3.98. The van der Waals surface area contributed by atoms with Crippen molar-refractivity contribution in [1.29, 1.82) is 0 Å². The Balaban J connectivity index is 0.00000280. The zero-order valence-electron chi connectivity index (χ0n) is 17.5. The summed E-state index contributed by atoms with van der Waals surface area (Å²) in [5, 5.41) is 10.7. The highest BCUT2D eigenvalue weighted by atomic mass is 127. The van der Waals surface area contributed by atoms with Gasteiger partial charge in [-0.3, -0.25) is 4.99 Å². The van der Waals surface area contributed by atoms with Crippen molar-refractivity contribution in [2.45, 2.75) is 52.0 Å². The molecule has 0 aromatic carbocycles. The van der Waals surface area contributed by atoms with E-state index in [0.717, 1.165) is 44.5 Å². The molecule has 0 spiro atoms. The fraction of sp³-hybridized carbons (Fsp3) is 0.762. The van der Waals surface area contributed by atoms with Crippen molar-refractivity contribution < 1.29 is 0 Å². The van der Waals surface area contributed by atoms with E-state index in [1.807, 2.05) is 11.3 Å². The van der Waals surface area contributed by atoms with Crippen molar-refractivity contribution in [2.75, 3.05) is 50.7 Å². The van der Waals surface area contributed by atoms with E-state index in [9.17, 15) is 0 Å². The van der Waals surface area contributed by atoms with Crippen LogP contribution in [0, 0.1) is 5.92 Å². The van der Waals surface area contributed by atoms with Gasteiger partial charge in [0, 0.05) is 32.2 Å². The Morgan fingerprint density at radius 2 is 1.93 bits per heavy atom. The van der Waals surface area contributed by atoms with Gasteiger partial charge in [0.2, 0.25) is 0 Å². The van der Waals surface area contributed by atoms with Crippen LogP contribution in [-0.2, 0) is 0 Å². The second kappa shape index (κ2) is 12.9. The van der Waals surface area contributed by atoms with E-state index in [1.54, 1.807) is 0 Å². The summed E-state index contributed by atoms with van der Waals surface area (Å²) in [5.41, 5.74) is 0. The average molecular weight is 520 g/mol.